The minimum absolute atomic E-state index is 0.111. The summed E-state index contributed by atoms with van der Waals surface area (Å²) in [6.07, 6.45) is 0.117. The standard InChI is InChI=1S/C19H20N2O3/c1-11-4-5-14(8-12(11)2)20-16-10-18(23)21(19(16)24)17-7-6-15(22)9-13(17)3/h4-9,16,20,22H,10H2,1-3H3. The van der Waals surface area contributed by atoms with Crippen molar-refractivity contribution >= 4 is 23.2 Å². The Morgan fingerprint density at radius 1 is 1.00 bits per heavy atom. The van der Waals surface area contributed by atoms with Crippen molar-refractivity contribution in [2.24, 2.45) is 0 Å². The zero-order valence-corrected chi connectivity index (χ0v) is 14.0. The van der Waals surface area contributed by atoms with Crippen LogP contribution in [0, 0.1) is 20.8 Å². The Morgan fingerprint density at radius 2 is 1.75 bits per heavy atom. The highest BCUT2D eigenvalue weighted by molar-refractivity contribution is 6.23. The predicted molar refractivity (Wildman–Crippen MR) is 93.3 cm³/mol. The van der Waals surface area contributed by atoms with Gasteiger partial charge in [-0.1, -0.05) is 6.07 Å². The molecule has 0 bridgehead atoms. The Balaban J connectivity index is 1.84. The molecule has 1 aliphatic heterocycles. The summed E-state index contributed by atoms with van der Waals surface area (Å²) in [7, 11) is 0. The molecule has 3 rings (SSSR count). The number of imide groups is 1. The summed E-state index contributed by atoms with van der Waals surface area (Å²) >= 11 is 0. The predicted octanol–water partition coefficient (Wildman–Crippen LogP) is 3.06. The zero-order chi connectivity index (χ0) is 17.4. The second-order valence-corrected chi connectivity index (χ2v) is 6.24. The van der Waals surface area contributed by atoms with E-state index >= 15 is 0 Å². The third kappa shape index (κ3) is 2.85. The summed E-state index contributed by atoms with van der Waals surface area (Å²) < 4.78 is 0. The van der Waals surface area contributed by atoms with E-state index < -0.39 is 6.04 Å². The molecular weight excluding hydrogens is 304 g/mol. The highest BCUT2D eigenvalue weighted by Gasteiger charge is 2.40. The lowest BCUT2D eigenvalue weighted by atomic mass is 10.1. The van der Waals surface area contributed by atoms with E-state index in [9.17, 15) is 14.7 Å². The van der Waals surface area contributed by atoms with E-state index in [0.29, 0.717) is 11.3 Å². The van der Waals surface area contributed by atoms with Gasteiger partial charge in [-0.25, -0.2) is 4.90 Å². The number of phenols is 1. The fourth-order valence-electron chi connectivity index (χ4n) is 2.92. The van der Waals surface area contributed by atoms with Gasteiger partial charge in [-0.15, -0.1) is 0 Å². The molecule has 5 nitrogen and oxygen atoms in total. The van der Waals surface area contributed by atoms with E-state index in [2.05, 4.69) is 5.32 Å². The SMILES string of the molecule is Cc1ccc(NC2CC(=O)N(c3ccc(O)cc3C)C2=O)cc1C. The second-order valence-electron chi connectivity index (χ2n) is 6.24. The first-order valence-corrected chi connectivity index (χ1v) is 7.87. The summed E-state index contributed by atoms with van der Waals surface area (Å²) in [5.41, 5.74) is 4.34. The molecule has 1 unspecified atom stereocenters. The van der Waals surface area contributed by atoms with Crippen LogP contribution in [-0.2, 0) is 9.59 Å². The molecule has 1 fully saturated rings. The molecule has 24 heavy (non-hydrogen) atoms. The van der Waals surface area contributed by atoms with Crippen molar-refractivity contribution in [3.8, 4) is 5.75 Å². The van der Waals surface area contributed by atoms with Gasteiger partial charge in [0.05, 0.1) is 12.1 Å². The molecule has 2 amide bonds. The number of hydrogen-bond acceptors (Lipinski definition) is 4. The lowest BCUT2D eigenvalue weighted by Crippen LogP contribution is -2.35. The van der Waals surface area contributed by atoms with Gasteiger partial charge in [-0.2, -0.15) is 0 Å². The molecule has 124 valence electrons. The molecular formula is C19H20N2O3. The second kappa shape index (κ2) is 6.00. The van der Waals surface area contributed by atoms with Crippen LogP contribution in [0.25, 0.3) is 0 Å². The zero-order valence-electron chi connectivity index (χ0n) is 14.0. The van der Waals surface area contributed by atoms with E-state index in [4.69, 9.17) is 0 Å². The van der Waals surface area contributed by atoms with E-state index in [1.165, 1.54) is 16.5 Å². The van der Waals surface area contributed by atoms with Gasteiger partial charge in [-0.05, 0) is 67.8 Å². The number of hydrogen-bond donors (Lipinski definition) is 2. The molecule has 2 N–H and O–H groups in total. The summed E-state index contributed by atoms with van der Waals surface area (Å²) in [5.74, 6) is -0.401. The lowest BCUT2D eigenvalue weighted by molar-refractivity contribution is -0.121. The van der Waals surface area contributed by atoms with Crippen molar-refractivity contribution in [1.82, 2.24) is 0 Å². The van der Waals surface area contributed by atoms with Crippen molar-refractivity contribution in [2.45, 2.75) is 33.2 Å². The summed E-state index contributed by atoms with van der Waals surface area (Å²) in [6.45, 7) is 5.80. The molecule has 1 heterocycles. The van der Waals surface area contributed by atoms with Crippen molar-refractivity contribution in [2.75, 3.05) is 10.2 Å². The lowest BCUT2D eigenvalue weighted by Gasteiger charge is -2.18. The topological polar surface area (TPSA) is 69.6 Å². The number of carbonyl (C=O) groups excluding carboxylic acids is 2. The Morgan fingerprint density at radius 3 is 2.42 bits per heavy atom. The van der Waals surface area contributed by atoms with Gasteiger partial charge in [0.15, 0.2) is 0 Å². The molecule has 1 saturated heterocycles. The monoisotopic (exact) mass is 324 g/mol. The molecule has 0 radical (unpaired) electrons. The fourth-order valence-corrected chi connectivity index (χ4v) is 2.92. The fraction of sp³-hybridized carbons (Fsp3) is 0.263. The number of aromatic hydroxyl groups is 1. The smallest absolute Gasteiger partial charge is 0.256 e. The number of anilines is 2. The van der Waals surface area contributed by atoms with E-state index in [1.54, 1.807) is 19.1 Å². The van der Waals surface area contributed by atoms with E-state index in [0.717, 1.165) is 11.3 Å². The minimum atomic E-state index is -0.576. The summed E-state index contributed by atoms with van der Waals surface area (Å²) in [5, 5.41) is 12.7. The van der Waals surface area contributed by atoms with Crippen LogP contribution in [0.1, 0.15) is 23.1 Å². The van der Waals surface area contributed by atoms with Gasteiger partial charge in [-0.3, -0.25) is 9.59 Å². The van der Waals surface area contributed by atoms with Crippen LogP contribution in [-0.4, -0.2) is 23.0 Å². The van der Waals surface area contributed by atoms with Gasteiger partial charge >= 0.3 is 0 Å². The number of nitrogens with zero attached hydrogens (tertiary/aromatic N) is 1. The Bertz CT molecular complexity index is 829. The first-order chi connectivity index (χ1) is 11.4. The first kappa shape index (κ1) is 16.1. The Kier molecular flexibility index (Phi) is 4.01. The van der Waals surface area contributed by atoms with Crippen molar-refractivity contribution in [1.29, 1.82) is 0 Å². The minimum Gasteiger partial charge on any atom is -0.508 e. The molecule has 0 spiro atoms. The van der Waals surface area contributed by atoms with E-state index in [1.807, 2.05) is 32.0 Å². The van der Waals surface area contributed by atoms with E-state index in [-0.39, 0.29) is 24.0 Å². The Hall–Kier alpha value is -2.82. The van der Waals surface area contributed by atoms with Gasteiger partial charge in [0, 0.05) is 5.69 Å². The molecule has 0 saturated carbocycles. The third-order valence-electron chi connectivity index (χ3n) is 4.42. The number of phenolic OH excluding ortho intramolecular Hbond substituents is 1. The average Bonchev–Trinajstić information content (AvgIpc) is 2.78. The van der Waals surface area contributed by atoms with Gasteiger partial charge in [0.25, 0.3) is 5.91 Å². The molecule has 1 atom stereocenters. The maximum atomic E-state index is 12.7. The molecule has 1 aliphatic rings. The summed E-state index contributed by atoms with van der Waals surface area (Å²) in [4.78, 5) is 26.2. The van der Waals surface area contributed by atoms with Gasteiger partial charge < -0.3 is 10.4 Å². The van der Waals surface area contributed by atoms with Crippen molar-refractivity contribution in [3.05, 3.63) is 53.1 Å². The first-order valence-electron chi connectivity index (χ1n) is 7.87. The molecule has 2 aromatic rings. The molecule has 0 aromatic heterocycles. The number of nitrogens with one attached hydrogen (secondary N) is 1. The highest BCUT2D eigenvalue weighted by atomic mass is 16.3. The maximum absolute atomic E-state index is 12.7. The van der Waals surface area contributed by atoms with Crippen molar-refractivity contribution < 1.29 is 14.7 Å². The highest BCUT2D eigenvalue weighted by Crippen LogP contribution is 2.30. The number of benzene rings is 2. The number of amides is 2. The van der Waals surface area contributed by atoms with Crippen LogP contribution in [0.5, 0.6) is 5.75 Å². The van der Waals surface area contributed by atoms with Crippen LogP contribution in [0.15, 0.2) is 36.4 Å². The molecule has 2 aromatic carbocycles. The largest absolute Gasteiger partial charge is 0.508 e. The number of rotatable bonds is 3. The van der Waals surface area contributed by atoms with Gasteiger partial charge in [0.1, 0.15) is 11.8 Å². The molecule has 5 heteroatoms. The van der Waals surface area contributed by atoms with Crippen LogP contribution in [0.2, 0.25) is 0 Å². The number of aryl methyl sites for hydroxylation is 3. The number of carbonyl (C=O) groups is 2. The Labute approximate surface area is 140 Å². The quantitative estimate of drug-likeness (QED) is 0.851. The van der Waals surface area contributed by atoms with Crippen LogP contribution in [0.4, 0.5) is 11.4 Å². The van der Waals surface area contributed by atoms with Gasteiger partial charge in [0.2, 0.25) is 5.91 Å². The summed E-state index contributed by atoms with van der Waals surface area (Å²) in [6, 6.07) is 9.91. The molecule has 0 aliphatic carbocycles. The maximum Gasteiger partial charge on any atom is 0.256 e. The normalized spacial score (nSPS) is 17.5. The average molecular weight is 324 g/mol. The van der Waals surface area contributed by atoms with Crippen LogP contribution in [0.3, 0.4) is 0 Å². The third-order valence-corrected chi connectivity index (χ3v) is 4.42. The van der Waals surface area contributed by atoms with Crippen LogP contribution < -0.4 is 10.2 Å². The van der Waals surface area contributed by atoms with Crippen molar-refractivity contribution in [3.63, 3.8) is 0 Å². The van der Waals surface area contributed by atoms with Crippen LogP contribution >= 0.6 is 0 Å².